The first kappa shape index (κ1) is 19.1. The van der Waals surface area contributed by atoms with E-state index >= 15 is 0 Å². The molecule has 0 spiro atoms. The molecule has 0 radical (unpaired) electrons. The summed E-state index contributed by atoms with van der Waals surface area (Å²) in [5.41, 5.74) is 2.81. The van der Waals surface area contributed by atoms with Crippen LogP contribution in [0.5, 0.6) is 5.75 Å². The van der Waals surface area contributed by atoms with Gasteiger partial charge in [-0.3, -0.25) is 4.79 Å². The molecule has 0 unspecified atom stereocenters. The third kappa shape index (κ3) is 5.14. The van der Waals surface area contributed by atoms with Gasteiger partial charge in [0, 0.05) is 35.4 Å². The zero-order chi connectivity index (χ0) is 19.1. The molecule has 0 fully saturated rings. The number of benzene rings is 3. The lowest BCUT2D eigenvalue weighted by molar-refractivity contribution is 0.0785. The van der Waals surface area contributed by atoms with Gasteiger partial charge in [0.05, 0.1) is 7.11 Å². The monoisotopic (exact) mass is 377 g/mol. The number of amides is 1. The molecule has 0 N–H and O–H groups in total. The van der Waals surface area contributed by atoms with Crippen LogP contribution in [0.15, 0.2) is 83.8 Å². The van der Waals surface area contributed by atoms with Crippen LogP contribution in [-0.4, -0.2) is 25.0 Å². The summed E-state index contributed by atoms with van der Waals surface area (Å²) >= 11 is 1.73. The molecule has 0 saturated heterocycles. The number of hydrogen-bond acceptors (Lipinski definition) is 3. The Labute approximate surface area is 165 Å². The summed E-state index contributed by atoms with van der Waals surface area (Å²) in [6.45, 7) is 0.583. The number of carbonyl (C=O) groups excluding carboxylic acids is 1. The molecule has 0 aromatic heterocycles. The Morgan fingerprint density at radius 1 is 0.963 bits per heavy atom. The van der Waals surface area contributed by atoms with Crippen molar-refractivity contribution >= 4 is 17.7 Å². The molecule has 138 valence electrons. The Kier molecular flexibility index (Phi) is 6.55. The van der Waals surface area contributed by atoms with E-state index in [9.17, 15) is 4.79 Å². The molecule has 0 saturated carbocycles. The van der Waals surface area contributed by atoms with Crippen molar-refractivity contribution in [2.45, 2.75) is 17.2 Å². The van der Waals surface area contributed by atoms with Crippen molar-refractivity contribution in [1.29, 1.82) is 0 Å². The Bertz CT molecular complexity index is 881. The fraction of sp³-hybridized carbons (Fsp3) is 0.174. The second-order valence-electron chi connectivity index (χ2n) is 6.28. The van der Waals surface area contributed by atoms with Crippen molar-refractivity contribution in [3.63, 3.8) is 0 Å². The SMILES string of the molecule is COc1ccc(C(=O)N(C)Cc2ccccc2)cc1CSc1ccccc1. The van der Waals surface area contributed by atoms with Crippen molar-refractivity contribution in [3.8, 4) is 5.75 Å². The van der Waals surface area contributed by atoms with E-state index in [0.29, 0.717) is 12.1 Å². The van der Waals surface area contributed by atoms with Crippen LogP contribution in [0.3, 0.4) is 0 Å². The van der Waals surface area contributed by atoms with E-state index in [-0.39, 0.29) is 5.91 Å². The van der Waals surface area contributed by atoms with Crippen molar-refractivity contribution in [3.05, 3.63) is 95.6 Å². The molecule has 3 aromatic rings. The molecule has 0 aliphatic rings. The molecule has 3 nitrogen and oxygen atoms in total. The summed E-state index contributed by atoms with van der Waals surface area (Å²) in [4.78, 5) is 15.8. The lowest BCUT2D eigenvalue weighted by Crippen LogP contribution is -2.26. The van der Waals surface area contributed by atoms with E-state index in [4.69, 9.17) is 4.74 Å². The van der Waals surface area contributed by atoms with Crippen LogP contribution in [-0.2, 0) is 12.3 Å². The van der Waals surface area contributed by atoms with Crippen molar-refractivity contribution in [1.82, 2.24) is 4.90 Å². The summed E-state index contributed by atoms with van der Waals surface area (Å²) in [5, 5.41) is 0. The molecule has 1 amide bonds. The standard InChI is InChI=1S/C23H23NO2S/c1-24(16-18-9-5-3-6-10-18)23(25)19-13-14-22(26-2)20(15-19)17-27-21-11-7-4-8-12-21/h3-15H,16-17H2,1-2H3. The number of carbonyl (C=O) groups is 1. The van der Waals surface area contributed by atoms with Crippen LogP contribution in [0.1, 0.15) is 21.5 Å². The zero-order valence-electron chi connectivity index (χ0n) is 15.6. The predicted molar refractivity (Wildman–Crippen MR) is 111 cm³/mol. The van der Waals surface area contributed by atoms with Crippen LogP contribution in [0, 0.1) is 0 Å². The van der Waals surface area contributed by atoms with E-state index < -0.39 is 0 Å². The zero-order valence-corrected chi connectivity index (χ0v) is 16.4. The highest BCUT2D eigenvalue weighted by Crippen LogP contribution is 2.29. The van der Waals surface area contributed by atoms with Crippen molar-refractivity contribution in [2.75, 3.05) is 14.2 Å². The number of rotatable bonds is 7. The normalized spacial score (nSPS) is 10.4. The summed E-state index contributed by atoms with van der Waals surface area (Å²) in [5.74, 6) is 1.56. The van der Waals surface area contributed by atoms with Gasteiger partial charge in [-0.1, -0.05) is 48.5 Å². The predicted octanol–water partition coefficient (Wildman–Crippen LogP) is 5.26. The molecule has 0 aliphatic carbocycles. The van der Waals surface area contributed by atoms with Gasteiger partial charge in [-0.25, -0.2) is 0 Å². The molecule has 0 aliphatic heterocycles. The van der Waals surface area contributed by atoms with Gasteiger partial charge in [0.15, 0.2) is 0 Å². The van der Waals surface area contributed by atoms with Gasteiger partial charge >= 0.3 is 0 Å². The fourth-order valence-corrected chi connectivity index (χ4v) is 3.75. The largest absolute Gasteiger partial charge is 0.496 e. The highest BCUT2D eigenvalue weighted by molar-refractivity contribution is 7.98. The maximum absolute atomic E-state index is 12.9. The number of hydrogen-bond donors (Lipinski definition) is 0. The summed E-state index contributed by atoms with van der Waals surface area (Å²) in [6, 6.07) is 25.9. The summed E-state index contributed by atoms with van der Waals surface area (Å²) < 4.78 is 5.49. The van der Waals surface area contributed by atoms with Crippen LogP contribution >= 0.6 is 11.8 Å². The second kappa shape index (κ2) is 9.28. The van der Waals surface area contributed by atoms with Gasteiger partial charge in [-0.15, -0.1) is 11.8 Å². The molecule has 3 rings (SSSR count). The molecule has 27 heavy (non-hydrogen) atoms. The molecule has 0 atom stereocenters. The maximum Gasteiger partial charge on any atom is 0.253 e. The van der Waals surface area contributed by atoms with Gasteiger partial charge in [-0.2, -0.15) is 0 Å². The minimum absolute atomic E-state index is 0.00691. The summed E-state index contributed by atoms with van der Waals surface area (Å²) in [6.07, 6.45) is 0. The van der Waals surface area contributed by atoms with Crippen LogP contribution in [0.4, 0.5) is 0 Å². The number of methoxy groups -OCH3 is 1. The van der Waals surface area contributed by atoms with Gasteiger partial charge in [0.25, 0.3) is 5.91 Å². The third-order valence-electron chi connectivity index (χ3n) is 4.27. The number of nitrogens with zero attached hydrogens (tertiary/aromatic N) is 1. The van der Waals surface area contributed by atoms with Gasteiger partial charge in [0.1, 0.15) is 5.75 Å². The van der Waals surface area contributed by atoms with Gasteiger partial charge in [-0.05, 0) is 35.9 Å². The van der Waals surface area contributed by atoms with Gasteiger partial charge in [0.2, 0.25) is 0 Å². The number of ether oxygens (including phenoxy) is 1. The minimum Gasteiger partial charge on any atom is -0.496 e. The molecule has 4 heteroatoms. The fourth-order valence-electron chi connectivity index (χ4n) is 2.85. The third-order valence-corrected chi connectivity index (χ3v) is 5.34. The van der Waals surface area contributed by atoms with E-state index in [1.54, 1.807) is 23.8 Å². The van der Waals surface area contributed by atoms with Gasteiger partial charge < -0.3 is 9.64 Å². The second-order valence-corrected chi connectivity index (χ2v) is 7.32. The molecule has 0 heterocycles. The quantitative estimate of drug-likeness (QED) is 0.526. The molecule has 3 aromatic carbocycles. The van der Waals surface area contributed by atoms with Crippen LogP contribution in [0.2, 0.25) is 0 Å². The highest BCUT2D eigenvalue weighted by Gasteiger charge is 2.15. The van der Waals surface area contributed by atoms with Crippen LogP contribution in [0.25, 0.3) is 0 Å². The molecular formula is C23H23NO2S. The average Bonchev–Trinajstić information content (AvgIpc) is 2.73. The van der Waals surface area contributed by atoms with E-state index in [1.807, 2.05) is 73.8 Å². The van der Waals surface area contributed by atoms with Crippen LogP contribution < -0.4 is 4.74 Å². The molecule has 0 bridgehead atoms. The van der Waals surface area contributed by atoms with E-state index in [1.165, 1.54) is 4.90 Å². The highest BCUT2D eigenvalue weighted by atomic mass is 32.2. The molecular weight excluding hydrogens is 354 g/mol. The van der Waals surface area contributed by atoms with Crippen molar-refractivity contribution < 1.29 is 9.53 Å². The number of thioether (sulfide) groups is 1. The summed E-state index contributed by atoms with van der Waals surface area (Å²) in [7, 11) is 3.49. The Balaban J connectivity index is 1.74. The first-order valence-electron chi connectivity index (χ1n) is 8.81. The maximum atomic E-state index is 12.9. The first-order chi connectivity index (χ1) is 13.2. The topological polar surface area (TPSA) is 29.5 Å². The Morgan fingerprint density at radius 3 is 2.30 bits per heavy atom. The lowest BCUT2D eigenvalue weighted by Gasteiger charge is -2.18. The van der Waals surface area contributed by atoms with E-state index in [0.717, 1.165) is 22.6 Å². The Morgan fingerprint density at radius 2 is 1.63 bits per heavy atom. The smallest absolute Gasteiger partial charge is 0.253 e. The first-order valence-corrected chi connectivity index (χ1v) is 9.80. The average molecular weight is 378 g/mol. The van der Waals surface area contributed by atoms with Crippen molar-refractivity contribution in [2.24, 2.45) is 0 Å². The minimum atomic E-state index is 0.00691. The lowest BCUT2D eigenvalue weighted by atomic mass is 10.1. The Hall–Kier alpha value is -2.72. The van der Waals surface area contributed by atoms with E-state index in [2.05, 4.69) is 12.1 Å².